The first-order valence-corrected chi connectivity index (χ1v) is 17.0. The van der Waals surface area contributed by atoms with Gasteiger partial charge in [0.1, 0.15) is 28.7 Å². The monoisotopic (exact) mass is 701 g/mol. The van der Waals surface area contributed by atoms with Crippen molar-refractivity contribution >= 4 is 57.7 Å². The van der Waals surface area contributed by atoms with Gasteiger partial charge in [0.25, 0.3) is 5.91 Å². The average molecular weight is 702 g/mol. The van der Waals surface area contributed by atoms with Gasteiger partial charge in [-0.2, -0.15) is 18.4 Å². The molecule has 3 aromatic heterocycles. The van der Waals surface area contributed by atoms with E-state index < -0.39 is 29.9 Å². The van der Waals surface area contributed by atoms with Crippen molar-refractivity contribution in [3.05, 3.63) is 93.5 Å². The van der Waals surface area contributed by atoms with Crippen LogP contribution in [0.3, 0.4) is 0 Å². The van der Waals surface area contributed by atoms with Crippen LogP contribution in [0, 0.1) is 18.3 Å². The minimum atomic E-state index is -4.27. The van der Waals surface area contributed by atoms with Gasteiger partial charge in [0.05, 0.1) is 17.5 Å². The van der Waals surface area contributed by atoms with Gasteiger partial charge in [-0.1, -0.05) is 18.2 Å². The lowest BCUT2D eigenvalue weighted by Crippen LogP contribution is -2.39. The Balaban J connectivity index is 1.07. The van der Waals surface area contributed by atoms with Crippen molar-refractivity contribution in [2.24, 2.45) is 0 Å². The van der Waals surface area contributed by atoms with Gasteiger partial charge in [-0.15, -0.1) is 11.3 Å². The smallest absolute Gasteiger partial charge is 0.393 e. The van der Waals surface area contributed by atoms with E-state index in [2.05, 4.69) is 50.6 Å². The molecule has 0 atom stereocenters. The SMILES string of the molecule is B/C(O)=C(/O)C(=O)Nc1ccc(CCn2c(C#N)cc3c(C)c(CN4CCC(Nc5ncnc6sc(CC(F)(F)F)cc56)CC4)ccc32)cc1. The van der Waals surface area contributed by atoms with E-state index in [4.69, 9.17) is 0 Å². The number of aliphatic hydroxyl groups excluding tert-OH is 2. The molecule has 1 amide bonds. The Morgan fingerprint density at radius 2 is 1.84 bits per heavy atom. The molecule has 1 fully saturated rings. The van der Waals surface area contributed by atoms with E-state index in [1.165, 1.54) is 19.7 Å². The number of amides is 1. The molecule has 1 aliphatic heterocycles. The van der Waals surface area contributed by atoms with Gasteiger partial charge in [-0.05, 0) is 73.2 Å². The van der Waals surface area contributed by atoms with E-state index in [1.54, 1.807) is 18.2 Å². The molecule has 0 aliphatic carbocycles. The second-order valence-corrected chi connectivity index (χ2v) is 13.7. The summed E-state index contributed by atoms with van der Waals surface area (Å²) in [4.78, 5) is 23.7. The molecule has 0 saturated carbocycles. The van der Waals surface area contributed by atoms with Crippen LogP contribution in [-0.4, -0.2) is 68.7 Å². The number of benzene rings is 2. The van der Waals surface area contributed by atoms with E-state index in [9.17, 15) is 33.4 Å². The Morgan fingerprint density at radius 3 is 2.52 bits per heavy atom. The largest absolute Gasteiger partial charge is 0.519 e. The number of likely N-dealkylation sites (tertiary alicyclic amines) is 1. The maximum absolute atomic E-state index is 12.9. The van der Waals surface area contributed by atoms with Crippen molar-refractivity contribution in [1.82, 2.24) is 19.4 Å². The third-order valence-corrected chi connectivity index (χ3v) is 10.1. The summed E-state index contributed by atoms with van der Waals surface area (Å²) in [7, 11) is 1.22. The molecule has 1 aliphatic rings. The molecule has 6 rings (SSSR count). The summed E-state index contributed by atoms with van der Waals surface area (Å²) >= 11 is 1.05. The molecule has 15 heteroatoms. The van der Waals surface area contributed by atoms with Crippen LogP contribution in [0.1, 0.15) is 40.1 Å². The van der Waals surface area contributed by atoms with Gasteiger partial charge in [-0.3, -0.25) is 9.69 Å². The number of nitriles is 1. The lowest BCUT2D eigenvalue weighted by atomic mass is 10.0. The minimum absolute atomic E-state index is 0.141. The molecule has 5 aromatic rings. The number of carbonyl (C=O) groups excluding carboxylic acids is 1. The molecule has 10 nitrogen and oxygen atoms in total. The Hall–Kier alpha value is -5.07. The first-order valence-electron chi connectivity index (χ1n) is 16.2. The lowest BCUT2D eigenvalue weighted by Gasteiger charge is -2.33. The molecule has 258 valence electrons. The van der Waals surface area contributed by atoms with Crippen LogP contribution >= 0.6 is 11.3 Å². The number of hydrogen-bond donors (Lipinski definition) is 4. The molecular formula is C35H35BF3N7O3S. The number of halogens is 3. The topological polar surface area (TPSA) is 139 Å². The lowest BCUT2D eigenvalue weighted by molar-refractivity contribution is -0.126. The fraction of sp³-hybridized carbons (Fsp3) is 0.314. The molecule has 4 heterocycles. The van der Waals surface area contributed by atoms with Gasteiger partial charge in [0, 0.05) is 53.7 Å². The number of aliphatic hydroxyl groups is 2. The number of aryl methyl sites for hydroxylation is 3. The van der Waals surface area contributed by atoms with Crippen molar-refractivity contribution in [2.75, 3.05) is 23.7 Å². The first-order chi connectivity index (χ1) is 23.9. The average Bonchev–Trinajstić information content (AvgIpc) is 3.66. The number of nitrogens with zero attached hydrogens (tertiary/aromatic N) is 5. The highest BCUT2D eigenvalue weighted by molar-refractivity contribution is 7.18. The fourth-order valence-electron chi connectivity index (χ4n) is 6.35. The number of anilines is 2. The Bertz CT molecular complexity index is 2110. The number of alkyl halides is 3. The molecule has 4 N–H and O–H groups in total. The molecule has 0 unspecified atom stereocenters. The number of nitrogens with one attached hydrogen (secondary N) is 2. The van der Waals surface area contributed by atoms with Crippen LogP contribution in [0.4, 0.5) is 24.7 Å². The Morgan fingerprint density at radius 1 is 1.10 bits per heavy atom. The van der Waals surface area contributed by atoms with E-state index in [0.717, 1.165) is 65.8 Å². The third kappa shape index (κ3) is 7.87. The maximum atomic E-state index is 12.9. The predicted octanol–water partition coefficient (Wildman–Crippen LogP) is 6.11. The number of hydrogen-bond acceptors (Lipinski definition) is 9. The highest BCUT2D eigenvalue weighted by Gasteiger charge is 2.29. The maximum Gasteiger partial charge on any atom is 0.393 e. The van der Waals surface area contributed by atoms with Crippen LogP contribution in [0.15, 0.2) is 66.3 Å². The minimum Gasteiger partial charge on any atom is -0.519 e. The molecular weight excluding hydrogens is 666 g/mol. The molecule has 0 radical (unpaired) electrons. The van der Waals surface area contributed by atoms with Crippen LogP contribution in [0.2, 0.25) is 0 Å². The normalized spacial score (nSPS) is 14.9. The van der Waals surface area contributed by atoms with Crippen molar-refractivity contribution in [1.29, 1.82) is 5.26 Å². The van der Waals surface area contributed by atoms with Crippen molar-refractivity contribution < 1.29 is 28.2 Å². The first kappa shape index (κ1) is 34.8. The Labute approximate surface area is 291 Å². The zero-order valence-corrected chi connectivity index (χ0v) is 28.3. The van der Waals surface area contributed by atoms with E-state index in [0.29, 0.717) is 40.4 Å². The molecule has 2 aromatic carbocycles. The highest BCUT2D eigenvalue weighted by atomic mass is 32.1. The number of fused-ring (bicyclic) bond motifs is 2. The van der Waals surface area contributed by atoms with Crippen LogP contribution in [0.25, 0.3) is 21.1 Å². The summed E-state index contributed by atoms with van der Waals surface area (Å²) in [5, 5.41) is 36.5. The van der Waals surface area contributed by atoms with Gasteiger partial charge in [-0.25, -0.2) is 9.97 Å². The summed E-state index contributed by atoms with van der Waals surface area (Å²) in [5.74, 6) is -0.956. The predicted molar refractivity (Wildman–Crippen MR) is 190 cm³/mol. The zero-order valence-electron chi connectivity index (χ0n) is 27.5. The number of thiophene rings is 1. The molecule has 50 heavy (non-hydrogen) atoms. The molecule has 1 saturated heterocycles. The van der Waals surface area contributed by atoms with E-state index in [-0.39, 0.29) is 10.9 Å². The van der Waals surface area contributed by atoms with E-state index in [1.807, 2.05) is 22.8 Å². The Kier molecular flexibility index (Phi) is 10.0. The summed E-state index contributed by atoms with van der Waals surface area (Å²) in [6, 6.07) is 17.3. The second kappa shape index (κ2) is 14.4. The van der Waals surface area contributed by atoms with Crippen LogP contribution < -0.4 is 10.6 Å². The number of rotatable bonds is 10. The molecule has 0 bridgehead atoms. The summed E-state index contributed by atoms with van der Waals surface area (Å²) in [6.07, 6.45) is -1.49. The standard InChI is InChI=1S/C35H35BF3N7O3S/c1-20-22(18-45-11-9-24(10-12-45)43-32-28-15-26(16-35(37,38)39)50-34(28)42-19-41-32)4-7-29-27(20)14-25(17-40)46(29)13-8-21-2-5-23(6-3-21)44-33(49)30(47)31(36)48/h2-7,14-15,19,24,47-48H,8-13,16,18,36H2,1H3,(H,44,49)(H,41,42,43)/b31-30-. The van der Waals surface area contributed by atoms with Crippen LogP contribution in [0.5, 0.6) is 0 Å². The van der Waals surface area contributed by atoms with Crippen molar-refractivity contribution in [3.8, 4) is 6.07 Å². The van der Waals surface area contributed by atoms with Gasteiger partial charge in [0.15, 0.2) is 7.85 Å². The van der Waals surface area contributed by atoms with Gasteiger partial charge < -0.3 is 25.4 Å². The van der Waals surface area contributed by atoms with Crippen LogP contribution in [-0.2, 0) is 30.7 Å². The number of carbonyl (C=O) groups is 1. The van der Waals surface area contributed by atoms with Crippen molar-refractivity contribution in [2.45, 2.75) is 57.9 Å². The summed E-state index contributed by atoms with van der Waals surface area (Å²) < 4.78 is 40.9. The highest BCUT2D eigenvalue weighted by Crippen LogP contribution is 2.33. The van der Waals surface area contributed by atoms with Gasteiger partial charge in [0.2, 0.25) is 5.76 Å². The summed E-state index contributed by atoms with van der Waals surface area (Å²) in [5.41, 5.74) is 4.90. The zero-order chi connectivity index (χ0) is 35.6. The molecule has 0 spiro atoms. The quantitative estimate of drug-likeness (QED) is 0.0778. The number of piperidine rings is 1. The van der Waals surface area contributed by atoms with E-state index >= 15 is 0 Å². The van der Waals surface area contributed by atoms with Crippen molar-refractivity contribution in [3.63, 3.8) is 0 Å². The fourth-order valence-corrected chi connectivity index (χ4v) is 7.38. The third-order valence-electron chi connectivity index (χ3n) is 9.05. The summed E-state index contributed by atoms with van der Waals surface area (Å²) in [6.45, 7) is 5.12. The van der Waals surface area contributed by atoms with Gasteiger partial charge >= 0.3 is 6.18 Å². The second-order valence-electron chi connectivity index (χ2n) is 12.6. The number of aromatic nitrogens is 3.